The van der Waals surface area contributed by atoms with Crippen LogP contribution in [-0.2, 0) is 14.9 Å². The van der Waals surface area contributed by atoms with E-state index in [1.807, 2.05) is 0 Å². The molecule has 150 valence electrons. The summed E-state index contributed by atoms with van der Waals surface area (Å²) in [5.74, 6) is 1.07. The highest BCUT2D eigenvalue weighted by Crippen LogP contribution is 2.48. The van der Waals surface area contributed by atoms with Crippen molar-refractivity contribution in [2.75, 3.05) is 46.5 Å². The predicted molar refractivity (Wildman–Crippen MR) is 110 cm³/mol. The third kappa shape index (κ3) is 5.69. The average Bonchev–Trinajstić information content (AvgIpc) is 3.51. The number of hydrogen-bond donors (Lipinski definition) is 1. The molecule has 0 bridgehead atoms. The second-order valence-corrected chi connectivity index (χ2v) is 7.72. The van der Waals surface area contributed by atoms with Crippen LogP contribution in [0.2, 0.25) is 0 Å². The van der Waals surface area contributed by atoms with Crippen LogP contribution in [0.1, 0.15) is 44.6 Å². The molecule has 5 nitrogen and oxygen atoms in total. The highest BCUT2D eigenvalue weighted by Gasteiger charge is 2.44. The van der Waals surface area contributed by atoms with Gasteiger partial charge in [-0.3, -0.25) is 4.99 Å². The number of rotatable bonds is 9. The SMILES string of the molecule is CCNC(=NCC1(c2ccccc2)CC1)N1CCC(OCCCOC)CC1. The van der Waals surface area contributed by atoms with E-state index in [0.29, 0.717) is 6.10 Å². The maximum absolute atomic E-state index is 5.99. The molecule has 0 amide bonds. The Hall–Kier alpha value is -1.59. The van der Waals surface area contributed by atoms with E-state index in [4.69, 9.17) is 14.5 Å². The van der Waals surface area contributed by atoms with Gasteiger partial charge in [-0.25, -0.2) is 0 Å². The summed E-state index contributed by atoms with van der Waals surface area (Å²) in [6.45, 7) is 7.53. The van der Waals surface area contributed by atoms with Crippen LogP contribution in [0.5, 0.6) is 0 Å². The van der Waals surface area contributed by atoms with Crippen molar-refractivity contribution >= 4 is 5.96 Å². The maximum Gasteiger partial charge on any atom is 0.193 e. The highest BCUT2D eigenvalue weighted by molar-refractivity contribution is 5.80. The summed E-state index contributed by atoms with van der Waals surface area (Å²) >= 11 is 0. The first-order valence-corrected chi connectivity index (χ1v) is 10.5. The summed E-state index contributed by atoms with van der Waals surface area (Å²) in [5.41, 5.74) is 1.71. The minimum atomic E-state index is 0.269. The van der Waals surface area contributed by atoms with Crippen molar-refractivity contribution in [1.29, 1.82) is 0 Å². The summed E-state index contributed by atoms with van der Waals surface area (Å²) in [5, 5.41) is 3.50. The molecule has 1 aromatic rings. The average molecular weight is 374 g/mol. The fourth-order valence-electron chi connectivity index (χ4n) is 3.82. The van der Waals surface area contributed by atoms with Crippen LogP contribution in [0.15, 0.2) is 35.3 Å². The monoisotopic (exact) mass is 373 g/mol. The minimum Gasteiger partial charge on any atom is -0.385 e. The van der Waals surface area contributed by atoms with Crippen molar-refractivity contribution in [3.63, 3.8) is 0 Å². The number of nitrogens with zero attached hydrogens (tertiary/aromatic N) is 2. The van der Waals surface area contributed by atoms with Crippen LogP contribution in [-0.4, -0.2) is 63.5 Å². The molecule has 1 aliphatic carbocycles. The van der Waals surface area contributed by atoms with E-state index in [2.05, 4.69) is 47.5 Å². The van der Waals surface area contributed by atoms with Crippen molar-refractivity contribution in [1.82, 2.24) is 10.2 Å². The Morgan fingerprint density at radius 2 is 1.93 bits per heavy atom. The van der Waals surface area contributed by atoms with Gasteiger partial charge < -0.3 is 19.7 Å². The van der Waals surface area contributed by atoms with Gasteiger partial charge in [0.25, 0.3) is 0 Å². The molecule has 0 radical (unpaired) electrons. The number of hydrogen-bond acceptors (Lipinski definition) is 3. The van der Waals surface area contributed by atoms with Crippen LogP contribution in [0.25, 0.3) is 0 Å². The molecule has 2 fully saturated rings. The summed E-state index contributed by atoms with van der Waals surface area (Å²) < 4.78 is 11.1. The second-order valence-electron chi connectivity index (χ2n) is 7.72. The molecule has 0 unspecified atom stereocenters. The molecule has 27 heavy (non-hydrogen) atoms. The summed E-state index contributed by atoms with van der Waals surface area (Å²) in [6, 6.07) is 10.9. The van der Waals surface area contributed by atoms with Gasteiger partial charge in [-0.15, -0.1) is 0 Å². The number of ether oxygens (including phenoxy) is 2. The number of methoxy groups -OCH3 is 1. The molecule has 0 aromatic heterocycles. The fraction of sp³-hybridized carbons (Fsp3) is 0.682. The third-order valence-corrected chi connectivity index (χ3v) is 5.69. The van der Waals surface area contributed by atoms with Crippen molar-refractivity contribution in [3.8, 4) is 0 Å². The molecule has 1 heterocycles. The first-order chi connectivity index (χ1) is 13.3. The van der Waals surface area contributed by atoms with Gasteiger partial charge in [-0.2, -0.15) is 0 Å². The number of likely N-dealkylation sites (tertiary alicyclic amines) is 1. The van der Waals surface area contributed by atoms with Crippen molar-refractivity contribution in [2.24, 2.45) is 4.99 Å². The van der Waals surface area contributed by atoms with Gasteiger partial charge in [0.1, 0.15) is 0 Å². The number of nitrogens with one attached hydrogen (secondary N) is 1. The molecule has 0 atom stereocenters. The fourth-order valence-corrected chi connectivity index (χ4v) is 3.82. The Kier molecular flexibility index (Phi) is 7.53. The molecule has 1 saturated carbocycles. The van der Waals surface area contributed by atoms with Gasteiger partial charge in [-0.05, 0) is 44.6 Å². The van der Waals surface area contributed by atoms with E-state index in [1.165, 1.54) is 18.4 Å². The van der Waals surface area contributed by atoms with E-state index in [9.17, 15) is 0 Å². The normalized spacial score (nSPS) is 19.9. The first kappa shape index (κ1) is 20.2. The summed E-state index contributed by atoms with van der Waals surface area (Å²) in [6.07, 6.45) is 5.99. The van der Waals surface area contributed by atoms with Crippen LogP contribution in [0.3, 0.4) is 0 Å². The summed E-state index contributed by atoms with van der Waals surface area (Å²) in [4.78, 5) is 7.44. The Labute approximate surface area is 164 Å². The lowest BCUT2D eigenvalue weighted by Crippen LogP contribution is -2.47. The molecule has 0 spiro atoms. The van der Waals surface area contributed by atoms with E-state index in [0.717, 1.165) is 64.6 Å². The van der Waals surface area contributed by atoms with Gasteiger partial charge in [0, 0.05) is 45.4 Å². The molecule has 2 aliphatic rings. The van der Waals surface area contributed by atoms with E-state index in [1.54, 1.807) is 7.11 Å². The Balaban J connectivity index is 1.51. The van der Waals surface area contributed by atoms with Crippen LogP contribution >= 0.6 is 0 Å². The van der Waals surface area contributed by atoms with Gasteiger partial charge in [-0.1, -0.05) is 30.3 Å². The third-order valence-electron chi connectivity index (χ3n) is 5.69. The van der Waals surface area contributed by atoms with Gasteiger partial charge in [0.2, 0.25) is 0 Å². The van der Waals surface area contributed by atoms with Gasteiger partial charge in [0.05, 0.1) is 12.6 Å². The highest BCUT2D eigenvalue weighted by atomic mass is 16.5. The number of piperidine rings is 1. The van der Waals surface area contributed by atoms with Crippen molar-refractivity contribution < 1.29 is 9.47 Å². The lowest BCUT2D eigenvalue weighted by Gasteiger charge is -2.34. The first-order valence-electron chi connectivity index (χ1n) is 10.5. The topological polar surface area (TPSA) is 46.1 Å². The second kappa shape index (κ2) is 10.1. The number of benzene rings is 1. The molecule has 1 N–H and O–H groups in total. The van der Waals surface area contributed by atoms with Crippen LogP contribution < -0.4 is 5.32 Å². The molecule has 5 heteroatoms. The van der Waals surface area contributed by atoms with Crippen molar-refractivity contribution in [3.05, 3.63) is 35.9 Å². The maximum atomic E-state index is 5.99. The summed E-state index contributed by atoms with van der Waals surface area (Å²) in [7, 11) is 1.74. The quantitative estimate of drug-likeness (QED) is 0.410. The minimum absolute atomic E-state index is 0.269. The zero-order valence-electron chi connectivity index (χ0n) is 17.0. The zero-order valence-corrected chi connectivity index (χ0v) is 17.0. The molecule has 3 rings (SSSR count). The van der Waals surface area contributed by atoms with Gasteiger partial charge >= 0.3 is 0 Å². The van der Waals surface area contributed by atoms with E-state index in [-0.39, 0.29) is 5.41 Å². The molecule has 1 saturated heterocycles. The predicted octanol–water partition coefficient (Wildman–Crippen LogP) is 3.20. The Morgan fingerprint density at radius 1 is 1.19 bits per heavy atom. The lowest BCUT2D eigenvalue weighted by atomic mass is 9.96. The molecule has 1 aromatic carbocycles. The lowest BCUT2D eigenvalue weighted by molar-refractivity contribution is 0.00990. The molecule has 1 aliphatic heterocycles. The molecular weight excluding hydrogens is 338 g/mol. The van der Waals surface area contributed by atoms with E-state index >= 15 is 0 Å². The van der Waals surface area contributed by atoms with Crippen LogP contribution in [0.4, 0.5) is 0 Å². The largest absolute Gasteiger partial charge is 0.385 e. The number of guanidine groups is 1. The molecular formula is C22H35N3O2. The Bertz CT molecular complexity index is 578. The zero-order chi connectivity index (χ0) is 19.0. The van der Waals surface area contributed by atoms with Gasteiger partial charge in [0.15, 0.2) is 5.96 Å². The smallest absolute Gasteiger partial charge is 0.193 e. The van der Waals surface area contributed by atoms with E-state index < -0.39 is 0 Å². The number of aliphatic imine (C=N–C) groups is 1. The van der Waals surface area contributed by atoms with Crippen molar-refractivity contribution in [2.45, 2.75) is 50.5 Å². The Morgan fingerprint density at radius 3 is 2.56 bits per heavy atom. The standard InChI is InChI=1S/C22H35N3O2/c1-3-23-21(24-18-22(12-13-22)19-8-5-4-6-9-19)25-14-10-20(11-15-25)27-17-7-16-26-2/h4-6,8-9,20H,3,7,10-18H2,1-2H3,(H,23,24). The van der Waals surface area contributed by atoms with Crippen LogP contribution in [0, 0.1) is 0 Å².